The molecule has 226 valence electrons. The van der Waals surface area contributed by atoms with Crippen molar-refractivity contribution in [1.82, 2.24) is 15.0 Å². The summed E-state index contributed by atoms with van der Waals surface area (Å²) in [4.78, 5) is 54.0. The van der Waals surface area contributed by atoms with E-state index in [1.165, 1.54) is 7.05 Å². The summed E-state index contributed by atoms with van der Waals surface area (Å²) >= 11 is 0. The Labute approximate surface area is 239 Å². The molecule has 2 aliphatic rings. The van der Waals surface area contributed by atoms with Crippen molar-refractivity contribution in [2.45, 2.75) is 58.6 Å². The van der Waals surface area contributed by atoms with E-state index in [1.807, 2.05) is 19.9 Å². The van der Waals surface area contributed by atoms with Gasteiger partial charge in [-0.05, 0) is 42.6 Å². The third-order valence-electron chi connectivity index (χ3n) is 8.32. The van der Waals surface area contributed by atoms with Gasteiger partial charge < -0.3 is 15.4 Å². The third kappa shape index (κ3) is 7.79. The molecule has 0 spiro atoms. The van der Waals surface area contributed by atoms with Crippen LogP contribution in [0.3, 0.4) is 0 Å². The zero-order valence-electron chi connectivity index (χ0n) is 23.5. The molecule has 0 aromatic heterocycles. The number of esters is 1. The molecule has 3 atom stereocenters. The highest BCUT2D eigenvalue weighted by Crippen LogP contribution is 2.64. The fourth-order valence-electron chi connectivity index (χ4n) is 5.87. The number of fused-ring (bicyclic) bond motifs is 2. The van der Waals surface area contributed by atoms with Crippen molar-refractivity contribution in [1.29, 1.82) is 0 Å². The number of hydrogen-bond donors (Lipinski definition) is 3. The molecule has 41 heavy (non-hydrogen) atoms. The molecule has 2 aliphatic carbocycles. The molecule has 1 amide bonds. The number of carbonyl (C=O) groups is 3. The maximum Gasteiger partial charge on any atom is 0.325 e. The van der Waals surface area contributed by atoms with E-state index in [4.69, 9.17) is 10.5 Å². The van der Waals surface area contributed by atoms with E-state index >= 15 is 0 Å². The second kappa shape index (κ2) is 12.9. The predicted octanol–water partition coefficient (Wildman–Crippen LogP) is 0.748. The molecule has 2 fully saturated rings. The minimum atomic E-state index is -4.13. The standard InChI is InChI=1S/C26H38N6O8S/c1-25(2)19-11-12-26(25,21(33)14-19)17-41(38,39)30-20(10-7-13-28-24(27)29-32(36)37)23(35)31(3)15-22(34)40-16-18-8-5-4-6-9-18/h4-6,8-9,19-20,30H,7,10-17H2,1-3H3,(H3,27,28,29). The van der Waals surface area contributed by atoms with Crippen molar-refractivity contribution >= 4 is 33.6 Å². The van der Waals surface area contributed by atoms with Crippen molar-refractivity contribution in [2.75, 3.05) is 25.9 Å². The molecular formula is C26H38N6O8S. The average molecular weight is 595 g/mol. The minimum absolute atomic E-state index is 0.0161. The van der Waals surface area contributed by atoms with Crippen LogP contribution in [0.2, 0.25) is 0 Å². The van der Waals surface area contributed by atoms with E-state index in [9.17, 15) is 32.9 Å². The number of carbonyl (C=O) groups excluding carboxylic acids is 3. The van der Waals surface area contributed by atoms with Gasteiger partial charge in [-0.3, -0.25) is 14.4 Å². The summed E-state index contributed by atoms with van der Waals surface area (Å²) in [5.74, 6) is -2.19. The Kier molecular flexibility index (Phi) is 10.1. The van der Waals surface area contributed by atoms with Crippen molar-refractivity contribution in [3.05, 3.63) is 46.0 Å². The smallest absolute Gasteiger partial charge is 0.325 e. The zero-order chi connectivity index (χ0) is 30.4. The van der Waals surface area contributed by atoms with Gasteiger partial charge in [0.2, 0.25) is 15.9 Å². The Morgan fingerprint density at radius 1 is 1.29 bits per heavy atom. The Morgan fingerprint density at radius 2 is 1.98 bits per heavy atom. The van der Waals surface area contributed by atoms with Gasteiger partial charge in [-0.15, -0.1) is 0 Å². The van der Waals surface area contributed by atoms with E-state index in [0.717, 1.165) is 16.9 Å². The summed E-state index contributed by atoms with van der Waals surface area (Å²) < 4.78 is 34.6. The van der Waals surface area contributed by atoms with Gasteiger partial charge >= 0.3 is 5.97 Å². The van der Waals surface area contributed by atoms with Gasteiger partial charge in [0.05, 0.1) is 5.75 Å². The first-order valence-electron chi connectivity index (χ1n) is 13.4. The highest BCUT2D eigenvalue weighted by Gasteiger charge is 2.65. The Bertz CT molecular complexity index is 1290. The number of nitrogens with zero attached hydrogens (tertiary/aromatic N) is 3. The number of aliphatic imine (C=N–C) groups is 1. The lowest BCUT2D eigenvalue weighted by Crippen LogP contribution is -2.52. The van der Waals surface area contributed by atoms with Crippen LogP contribution in [0, 0.1) is 26.9 Å². The molecule has 15 heteroatoms. The summed E-state index contributed by atoms with van der Waals surface area (Å²) in [6.07, 6.45) is 1.68. The first-order valence-corrected chi connectivity index (χ1v) is 15.0. The van der Waals surface area contributed by atoms with E-state index < -0.39 is 62.1 Å². The maximum absolute atomic E-state index is 13.4. The van der Waals surface area contributed by atoms with E-state index in [-0.39, 0.29) is 37.7 Å². The topological polar surface area (TPSA) is 203 Å². The molecule has 0 aliphatic heterocycles. The van der Waals surface area contributed by atoms with Crippen molar-refractivity contribution in [3.63, 3.8) is 0 Å². The second-order valence-electron chi connectivity index (χ2n) is 11.2. The van der Waals surface area contributed by atoms with Gasteiger partial charge in [0.25, 0.3) is 5.96 Å². The number of hydrazine groups is 1. The van der Waals surface area contributed by atoms with Gasteiger partial charge in [0.1, 0.15) is 25.0 Å². The largest absolute Gasteiger partial charge is 0.459 e. The second-order valence-corrected chi connectivity index (χ2v) is 13.0. The molecule has 0 radical (unpaired) electrons. The fourth-order valence-corrected chi connectivity index (χ4v) is 7.93. The number of rotatable bonds is 14. The van der Waals surface area contributed by atoms with E-state index in [2.05, 4.69) is 9.71 Å². The number of amides is 1. The molecule has 2 saturated carbocycles. The van der Waals surface area contributed by atoms with Gasteiger partial charge in [0.15, 0.2) is 5.03 Å². The number of hydrogen-bond acceptors (Lipinski definition) is 9. The van der Waals surface area contributed by atoms with Gasteiger partial charge in [-0.2, -0.15) is 0 Å². The fraction of sp³-hybridized carbons (Fsp3) is 0.615. The van der Waals surface area contributed by atoms with Crippen LogP contribution in [0.1, 0.15) is 51.5 Å². The number of ketones is 1. The normalized spacial score (nSPS) is 22.3. The molecule has 1 aromatic rings. The molecule has 14 nitrogen and oxygen atoms in total. The molecule has 3 rings (SSSR count). The third-order valence-corrected chi connectivity index (χ3v) is 9.84. The Hall–Kier alpha value is -3.59. The number of guanidine groups is 1. The van der Waals surface area contributed by atoms with Crippen LogP contribution in [0.4, 0.5) is 0 Å². The molecular weight excluding hydrogens is 556 g/mol. The summed E-state index contributed by atoms with van der Waals surface area (Å²) in [5.41, 5.74) is 6.37. The van der Waals surface area contributed by atoms with Crippen LogP contribution in [-0.4, -0.2) is 73.9 Å². The van der Waals surface area contributed by atoms with Crippen LogP contribution >= 0.6 is 0 Å². The zero-order valence-corrected chi connectivity index (χ0v) is 24.3. The lowest BCUT2D eigenvalue weighted by molar-refractivity contribution is -0.525. The first kappa shape index (κ1) is 31.9. The van der Waals surface area contributed by atoms with Gasteiger partial charge in [-0.25, -0.2) is 28.2 Å². The van der Waals surface area contributed by atoms with Gasteiger partial charge in [-0.1, -0.05) is 49.6 Å². The highest BCUT2D eigenvalue weighted by molar-refractivity contribution is 7.89. The number of Topliss-reactive ketones (excluding diaryl/α,β-unsaturated/α-hetero) is 1. The van der Waals surface area contributed by atoms with Crippen LogP contribution in [0.5, 0.6) is 0 Å². The van der Waals surface area contributed by atoms with Gasteiger partial charge in [0, 0.05) is 25.4 Å². The van der Waals surface area contributed by atoms with Crippen molar-refractivity contribution < 1.29 is 32.6 Å². The minimum Gasteiger partial charge on any atom is -0.459 e. The lowest BCUT2D eigenvalue weighted by atomic mass is 9.70. The number of ether oxygens (including phenoxy) is 1. The Balaban J connectivity index is 1.69. The summed E-state index contributed by atoms with van der Waals surface area (Å²) in [6, 6.07) is 7.71. The number of sulfonamides is 1. The molecule has 4 N–H and O–H groups in total. The van der Waals surface area contributed by atoms with Crippen LogP contribution in [0.25, 0.3) is 0 Å². The monoisotopic (exact) mass is 594 g/mol. The van der Waals surface area contributed by atoms with Crippen LogP contribution < -0.4 is 15.9 Å². The average Bonchev–Trinajstić information content (AvgIpc) is 3.23. The summed E-state index contributed by atoms with van der Waals surface area (Å²) in [5, 5.41) is 9.63. The van der Waals surface area contributed by atoms with E-state index in [1.54, 1.807) is 29.7 Å². The molecule has 2 bridgehead atoms. The number of nitro groups is 1. The van der Waals surface area contributed by atoms with E-state index in [0.29, 0.717) is 12.8 Å². The lowest BCUT2D eigenvalue weighted by Gasteiger charge is -2.36. The number of benzene rings is 1. The SMILES string of the molecule is CN(CC(=O)OCc1ccccc1)C(=O)C(CCCN=C(N)N[N+](=O)[O-])NS(=O)(=O)CC12CCC(CC1=O)C2(C)C. The summed E-state index contributed by atoms with van der Waals surface area (Å²) in [7, 11) is -2.78. The highest BCUT2D eigenvalue weighted by atomic mass is 32.2. The molecule has 0 saturated heterocycles. The Morgan fingerprint density at radius 3 is 2.56 bits per heavy atom. The number of nitrogens with two attached hydrogens (primary N) is 1. The quantitative estimate of drug-likeness (QED) is 0.0688. The predicted molar refractivity (Wildman–Crippen MR) is 149 cm³/mol. The number of likely N-dealkylation sites (N-methyl/N-ethyl adjacent to an activating group) is 1. The number of nitrogens with one attached hydrogen (secondary N) is 2. The van der Waals surface area contributed by atoms with Crippen molar-refractivity contribution in [2.24, 2.45) is 27.5 Å². The molecule has 1 aromatic carbocycles. The van der Waals surface area contributed by atoms with Crippen molar-refractivity contribution in [3.8, 4) is 0 Å². The van der Waals surface area contributed by atoms with Crippen LogP contribution in [0.15, 0.2) is 35.3 Å². The molecule has 0 heterocycles. The maximum atomic E-state index is 13.4. The first-order chi connectivity index (χ1) is 19.2. The van der Waals surface area contributed by atoms with Crippen LogP contribution in [-0.2, 0) is 35.8 Å². The molecule has 3 unspecified atom stereocenters. The summed E-state index contributed by atoms with van der Waals surface area (Å²) in [6.45, 7) is 3.41.